The number of aliphatic hydroxyl groups is 1. The maximum Gasteiger partial charge on any atom is 0.128 e. The molecular weight excluding hydrogens is 322 g/mol. The monoisotopic (exact) mass is 345 g/mol. The molecule has 2 aromatic rings. The first-order valence-corrected chi connectivity index (χ1v) is 8.89. The van der Waals surface area contributed by atoms with Gasteiger partial charge in [0.15, 0.2) is 0 Å². The Morgan fingerprint density at radius 2 is 1.92 bits per heavy atom. The lowest BCUT2D eigenvalue weighted by Crippen LogP contribution is -2.48. The van der Waals surface area contributed by atoms with Crippen molar-refractivity contribution in [2.75, 3.05) is 24.6 Å². The van der Waals surface area contributed by atoms with Crippen molar-refractivity contribution in [2.24, 2.45) is 0 Å². The minimum Gasteiger partial charge on any atom is -0.395 e. The highest BCUT2D eigenvalue weighted by Gasteiger charge is 2.22. The zero-order valence-corrected chi connectivity index (χ0v) is 14.5. The van der Waals surface area contributed by atoms with Crippen LogP contribution in [0.3, 0.4) is 0 Å². The van der Waals surface area contributed by atoms with Crippen LogP contribution in [0.4, 0.5) is 5.82 Å². The summed E-state index contributed by atoms with van der Waals surface area (Å²) in [7, 11) is 0. The smallest absolute Gasteiger partial charge is 0.128 e. The van der Waals surface area contributed by atoms with Gasteiger partial charge in [0, 0.05) is 36.4 Å². The van der Waals surface area contributed by atoms with Crippen LogP contribution in [0.2, 0.25) is 5.02 Å². The molecular formula is C19H24ClN3O. The van der Waals surface area contributed by atoms with E-state index in [0.717, 1.165) is 43.2 Å². The molecule has 0 radical (unpaired) electrons. The molecule has 1 aliphatic heterocycles. The maximum absolute atomic E-state index is 9.69. The predicted molar refractivity (Wildman–Crippen MR) is 98.6 cm³/mol. The van der Waals surface area contributed by atoms with Crippen molar-refractivity contribution in [2.45, 2.75) is 31.3 Å². The van der Waals surface area contributed by atoms with Gasteiger partial charge in [-0.15, -0.1) is 0 Å². The van der Waals surface area contributed by atoms with Crippen LogP contribution in [0.5, 0.6) is 0 Å². The Morgan fingerprint density at radius 3 is 2.54 bits per heavy atom. The number of aliphatic hydroxyl groups excluding tert-OH is 1. The fraction of sp³-hybridized carbons (Fsp3) is 0.421. The molecule has 0 spiro atoms. The summed E-state index contributed by atoms with van der Waals surface area (Å²) < 4.78 is 0. The van der Waals surface area contributed by atoms with Crippen LogP contribution in [0.1, 0.15) is 18.4 Å². The van der Waals surface area contributed by atoms with E-state index in [4.69, 9.17) is 11.6 Å². The number of hydrogen-bond acceptors (Lipinski definition) is 4. The average molecular weight is 346 g/mol. The lowest BCUT2D eigenvalue weighted by Gasteiger charge is -2.35. The number of piperidine rings is 1. The zero-order valence-electron chi connectivity index (χ0n) is 13.7. The molecule has 1 unspecified atom stereocenters. The molecule has 2 heterocycles. The van der Waals surface area contributed by atoms with E-state index in [1.807, 2.05) is 42.6 Å². The number of nitrogens with zero attached hydrogens (tertiary/aromatic N) is 2. The number of nitrogens with one attached hydrogen (secondary N) is 1. The fourth-order valence-corrected chi connectivity index (χ4v) is 3.36. The highest BCUT2D eigenvalue weighted by molar-refractivity contribution is 6.30. The summed E-state index contributed by atoms with van der Waals surface area (Å²) in [6, 6.07) is 14.4. The largest absolute Gasteiger partial charge is 0.395 e. The van der Waals surface area contributed by atoms with Gasteiger partial charge in [-0.05, 0) is 49.1 Å². The van der Waals surface area contributed by atoms with Crippen molar-refractivity contribution in [3.63, 3.8) is 0 Å². The van der Waals surface area contributed by atoms with Gasteiger partial charge in [-0.2, -0.15) is 0 Å². The van der Waals surface area contributed by atoms with Crippen LogP contribution in [-0.2, 0) is 6.42 Å². The molecule has 0 amide bonds. The van der Waals surface area contributed by atoms with Gasteiger partial charge < -0.3 is 15.3 Å². The molecule has 3 rings (SSSR count). The third kappa shape index (κ3) is 4.69. The predicted octanol–water partition coefficient (Wildman–Crippen LogP) is 2.90. The van der Waals surface area contributed by atoms with E-state index in [-0.39, 0.29) is 12.6 Å². The van der Waals surface area contributed by atoms with Gasteiger partial charge in [0.25, 0.3) is 0 Å². The van der Waals surface area contributed by atoms with Gasteiger partial charge in [-0.25, -0.2) is 4.98 Å². The first kappa shape index (κ1) is 17.2. The van der Waals surface area contributed by atoms with E-state index < -0.39 is 0 Å². The van der Waals surface area contributed by atoms with Gasteiger partial charge in [-0.1, -0.05) is 29.8 Å². The average Bonchev–Trinajstić information content (AvgIpc) is 2.64. The van der Waals surface area contributed by atoms with Crippen LogP contribution in [0.25, 0.3) is 0 Å². The first-order valence-electron chi connectivity index (χ1n) is 8.52. The summed E-state index contributed by atoms with van der Waals surface area (Å²) in [5.41, 5.74) is 1.19. The van der Waals surface area contributed by atoms with E-state index in [9.17, 15) is 5.11 Å². The summed E-state index contributed by atoms with van der Waals surface area (Å²) in [6.07, 6.45) is 4.78. The number of halogens is 1. The summed E-state index contributed by atoms with van der Waals surface area (Å²) in [6.45, 7) is 2.13. The van der Waals surface area contributed by atoms with Crippen LogP contribution >= 0.6 is 11.6 Å². The Kier molecular flexibility index (Phi) is 6.07. The zero-order chi connectivity index (χ0) is 16.8. The normalized spacial score (nSPS) is 17.0. The molecule has 2 N–H and O–H groups in total. The molecule has 128 valence electrons. The molecule has 0 saturated carbocycles. The summed E-state index contributed by atoms with van der Waals surface area (Å²) in [5.74, 6) is 1.05. The summed E-state index contributed by atoms with van der Waals surface area (Å²) >= 11 is 5.93. The number of rotatable bonds is 6. The van der Waals surface area contributed by atoms with Crippen molar-refractivity contribution in [1.29, 1.82) is 0 Å². The number of benzene rings is 1. The van der Waals surface area contributed by atoms with E-state index in [1.54, 1.807) is 0 Å². The minimum absolute atomic E-state index is 0.0811. The SMILES string of the molecule is OCC(Cc1ccc(Cl)cc1)NC1CCN(c2ccccn2)CC1. The Labute approximate surface area is 148 Å². The third-order valence-corrected chi connectivity index (χ3v) is 4.81. The van der Waals surface area contributed by atoms with E-state index in [1.165, 1.54) is 5.56 Å². The van der Waals surface area contributed by atoms with Crippen molar-refractivity contribution >= 4 is 17.4 Å². The van der Waals surface area contributed by atoms with Gasteiger partial charge in [0.05, 0.1) is 6.61 Å². The molecule has 0 bridgehead atoms. The number of pyridine rings is 1. The molecule has 4 nitrogen and oxygen atoms in total. The summed E-state index contributed by atoms with van der Waals surface area (Å²) in [5, 5.41) is 14.0. The summed E-state index contributed by atoms with van der Waals surface area (Å²) in [4.78, 5) is 6.75. The highest BCUT2D eigenvalue weighted by atomic mass is 35.5. The Hall–Kier alpha value is -1.62. The Bertz CT molecular complexity index is 612. The topological polar surface area (TPSA) is 48.4 Å². The van der Waals surface area contributed by atoms with Crippen LogP contribution in [0, 0.1) is 0 Å². The molecule has 1 fully saturated rings. The Morgan fingerprint density at radius 1 is 1.17 bits per heavy atom. The second-order valence-electron chi connectivity index (χ2n) is 6.33. The molecule has 1 saturated heterocycles. The second kappa shape index (κ2) is 8.47. The van der Waals surface area contributed by atoms with Crippen LogP contribution < -0.4 is 10.2 Å². The lowest BCUT2D eigenvalue weighted by atomic mass is 10.0. The fourth-order valence-electron chi connectivity index (χ4n) is 3.23. The van der Waals surface area contributed by atoms with Gasteiger partial charge in [-0.3, -0.25) is 0 Å². The first-order chi connectivity index (χ1) is 11.7. The molecule has 24 heavy (non-hydrogen) atoms. The van der Waals surface area contributed by atoms with Gasteiger partial charge in [0.1, 0.15) is 5.82 Å². The Balaban J connectivity index is 1.49. The van der Waals surface area contributed by atoms with Crippen LogP contribution in [0.15, 0.2) is 48.7 Å². The van der Waals surface area contributed by atoms with E-state index in [0.29, 0.717) is 6.04 Å². The lowest BCUT2D eigenvalue weighted by molar-refractivity contribution is 0.222. The van der Waals surface area contributed by atoms with Crippen molar-refractivity contribution in [3.05, 3.63) is 59.2 Å². The van der Waals surface area contributed by atoms with Gasteiger partial charge >= 0.3 is 0 Å². The third-order valence-electron chi connectivity index (χ3n) is 4.56. The van der Waals surface area contributed by atoms with E-state index >= 15 is 0 Å². The van der Waals surface area contributed by atoms with Crippen molar-refractivity contribution in [3.8, 4) is 0 Å². The molecule has 1 atom stereocenters. The van der Waals surface area contributed by atoms with Crippen LogP contribution in [-0.4, -0.2) is 41.9 Å². The number of hydrogen-bond donors (Lipinski definition) is 2. The maximum atomic E-state index is 9.69. The van der Waals surface area contributed by atoms with E-state index in [2.05, 4.69) is 21.3 Å². The quantitative estimate of drug-likeness (QED) is 0.845. The minimum atomic E-state index is 0.0811. The molecule has 0 aliphatic carbocycles. The number of anilines is 1. The molecule has 1 aromatic heterocycles. The van der Waals surface area contributed by atoms with Crippen molar-refractivity contribution in [1.82, 2.24) is 10.3 Å². The van der Waals surface area contributed by atoms with Gasteiger partial charge in [0.2, 0.25) is 0 Å². The standard InChI is InChI=1S/C19H24ClN3O/c20-16-6-4-15(5-7-16)13-18(14-24)22-17-8-11-23(12-9-17)19-3-1-2-10-21-19/h1-7,10,17-18,22,24H,8-9,11-14H2. The second-order valence-corrected chi connectivity index (χ2v) is 6.76. The highest BCUT2D eigenvalue weighted by Crippen LogP contribution is 2.18. The molecule has 1 aromatic carbocycles. The van der Waals surface area contributed by atoms with Crippen molar-refractivity contribution < 1.29 is 5.11 Å². The molecule has 5 heteroatoms. The molecule has 1 aliphatic rings. The number of aromatic nitrogens is 1.